The number of amides is 1. The lowest BCUT2D eigenvalue weighted by atomic mass is 10.1. The van der Waals surface area contributed by atoms with Gasteiger partial charge < -0.3 is 15.8 Å². The Labute approximate surface area is 118 Å². The standard InChI is InChI=1S/C15H21FN2O2/c1-10(17)13-7-6-12(8-14(13)16)20-9-15(19)18-11-4-2-3-5-11/h6-8,10-11H,2-5,9,17H2,1H3,(H,18,19)/t10-/m1/s1. The van der Waals surface area contributed by atoms with Crippen molar-refractivity contribution >= 4 is 5.91 Å². The molecule has 1 fully saturated rings. The van der Waals surface area contributed by atoms with Crippen molar-refractivity contribution in [2.24, 2.45) is 5.73 Å². The van der Waals surface area contributed by atoms with Crippen molar-refractivity contribution in [2.75, 3.05) is 6.61 Å². The zero-order valence-corrected chi connectivity index (χ0v) is 11.7. The van der Waals surface area contributed by atoms with E-state index in [9.17, 15) is 9.18 Å². The van der Waals surface area contributed by atoms with E-state index in [-0.39, 0.29) is 24.6 Å². The molecule has 2 rings (SSSR count). The van der Waals surface area contributed by atoms with Crippen molar-refractivity contribution < 1.29 is 13.9 Å². The Kier molecular flexibility index (Phi) is 4.95. The number of nitrogens with one attached hydrogen (secondary N) is 1. The second-order valence-electron chi connectivity index (χ2n) is 5.31. The number of carbonyl (C=O) groups excluding carboxylic acids is 1. The molecule has 0 saturated heterocycles. The Morgan fingerprint density at radius 3 is 2.80 bits per heavy atom. The molecule has 0 radical (unpaired) electrons. The van der Waals surface area contributed by atoms with Crippen LogP contribution < -0.4 is 15.8 Å². The molecule has 0 bridgehead atoms. The summed E-state index contributed by atoms with van der Waals surface area (Å²) in [5, 5.41) is 2.92. The molecule has 1 amide bonds. The first kappa shape index (κ1) is 14.8. The monoisotopic (exact) mass is 280 g/mol. The summed E-state index contributed by atoms with van der Waals surface area (Å²) >= 11 is 0. The van der Waals surface area contributed by atoms with E-state index < -0.39 is 5.82 Å². The first-order chi connectivity index (χ1) is 9.56. The van der Waals surface area contributed by atoms with Crippen LogP contribution in [0.2, 0.25) is 0 Å². The fourth-order valence-corrected chi connectivity index (χ4v) is 2.46. The van der Waals surface area contributed by atoms with E-state index >= 15 is 0 Å². The molecule has 0 aromatic heterocycles. The molecule has 1 aliphatic carbocycles. The summed E-state index contributed by atoms with van der Waals surface area (Å²) in [4.78, 5) is 11.7. The summed E-state index contributed by atoms with van der Waals surface area (Å²) in [5.41, 5.74) is 6.07. The molecule has 1 aromatic rings. The number of hydrogen-bond donors (Lipinski definition) is 2. The second kappa shape index (κ2) is 6.70. The molecule has 0 spiro atoms. The van der Waals surface area contributed by atoms with Crippen LogP contribution >= 0.6 is 0 Å². The maximum absolute atomic E-state index is 13.7. The smallest absolute Gasteiger partial charge is 0.258 e. The van der Waals surface area contributed by atoms with Crippen LogP contribution in [0.3, 0.4) is 0 Å². The van der Waals surface area contributed by atoms with Gasteiger partial charge in [-0.1, -0.05) is 18.9 Å². The number of rotatable bonds is 5. The average Bonchev–Trinajstić information content (AvgIpc) is 2.89. The molecule has 4 nitrogen and oxygen atoms in total. The number of benzene rings is 1. The average molecular weight is 280 g/mol. The highest BCUT2D eigenvalue weighted by Gasteiger charge is 2.17. The molecule has 1 atom stereocenters. The van der Waals surface area contributed by atoms with Gasteiger partial charge in [0.2, 0.25) is 0 Å². The number of nitrogens with two attached hydrogens (primary N) is 1. The topological polar surface area (TPSA) is 64.3 Å². The minimum atomic E-state index is -0.409. The maximum atomic E-state index is 13.7. The molecule has 5 heteroatoms. The Morgan fingerprint density at radius 2 is 2.20 bits per heavy atom. The summed E-state index contributed by atoms with van der Waals surface area (Å²) in [6.07, 6.45) is 4.39. The van der Waals surface area contributed by atoms with Crippen LogP contribution in [-0.4, -0.2) is 18.6 Å². The largest absolute Gasteiger partial charge is 0.484 e. The Balaban J connectivity index is 1.84. The van der Waals surface area contributed by atoms with Crippen LogP contribution in [0.15, 0.2) is 18.2 Å². The van der Waals surface area contributed by atoms with Gasteiger partial charge in [0.15, 0.2) is 6.61 Å². The third-order valence-corrected chi connectivity index (χ3v) is 3.55. The molecule has 1 aromatic carbocycles. The van der Waals surface area contributed by atoms with Crippen molar-refractivity contribution in [1.82, 2.24) is 5.32 Å². The predicted octanol–water partition coefficient (Wildman–Crippen LogP) is 2.28. The highest BCUT2D eigenvalue weighted by molar-refractivity contribution is 5.77. The van der Waals surface area contributed by atoms with Gasteiger partial charge in [-0.25, -0.2) is 4.39 Å². The lowest BCUT2D eigenvalue weighted by Gasteiger charge is -2.13. The van der Waals surface area contributed by atoms with E-state index in [2.05, 4.69) is 5.32 Å². The van der Waals surface area contributed by atoms with Gasteiger partial charge in [0.25, 0.3) is 5.91 Å². The molecule has 0 heterocycles. The van der Waals surface area contributed by atoms with E-state index in [0.717, 1.165) is 25.7 Å². The van der Waals surface area contributed by atoms with Crippen molar-refractivity contribution in [1.29, 1.82) is 0 Å². The first-order valence-electron chi connectivity index (χ1n) is 7.03. The summed E-state index contributed by atoms with van der Waals surface area (Å²) in [6.45, 7) is 1.63. The van der Waals surface area contributed by atoms with E-state index in [4.69, 9.17) is 10.5 Å². The maximum Gasteiger partial charge on any atom is 0.258 e. The summed E-state index contributed by atoms with van der Waals surface area (Å²) < 4.78 is 19.0. The molecule has 0 aliphatic heterocycles. The zero-order chi connectivity index (χ0) is 14.5. The van der Waals surface area contributed by atoms with Crippen molar-refractivity contribution in [2.45, 2.75) is 44.7 Å². The van der Waals surface area contributed by atoms with Crippen LogP contribution in [-0.2, 0) is 4.79 Å². The van der Waals surface area contributed by atoms with Gasteiger partial charge in [0.05, 0.1) is 0 Å². The third kappa shape index (κ3) is 3.93. The van der Waals surface area contributed by atoms with E-state index in [1.54, 1.807) is 19.1 Å². The van der Waals surface area contributed by atoms with Gasteiger partial charge in [-0.05, 0) is 25.8 Å². The summed E-state index contributed by atoms with van der Waals surface area (Å²) in [5.74, 6) is -0.226. The minimum absolute atomic E-state index is 0.0898. The van der Waals surface area contributed by atoms with Crippen LogP contribution in [0.25, 0.3) is 0 Å². The van der Waals surface area contributed by atoms with Gasteiger partial charge in [0, 0.05) is 23.7 Å². The number of carbonyl (C=O) groups is 1. The van der Waals surface area contributed by atoms with Crippen molar-refractivity contribution in [3.8, 4) is 5.75 Å². The molecule has 110 valence electrons. The lowest BCUT2D eigenvalue weighted by Crippen LogP contribution is -2.36. The minimum Gasteiger partial charge on any atom is -0.484 e. The predicted molar refractivity (Wildman–Crippen MR) is 74.9 cm³/mol. The fourth-order valence-electron chi connectivity index (χ4n) is 2.46. The summed E-state index contributed by atoms with van der Waals surface area (Å²) in [6, 6.07) is 4.38. The number of ether oxygens (including phenoxy) is 1. The lowest BCUT2D eigenvalue weighted by molar-refractivity contribution is -0.123. The van der Waals surface area contributed by atoms with Gasteiger partial charge >= 0.3 is 0 Å². The highest BCUT2D eigenvalue weighted by Crippen LogP contribution is 2.21. The van der Waals surface area contributed by atoms with E-state index in [0.29, 0.717) is 11.3 Å². The Bertz CT molecular complexity index is 471. The van der Waals surface area contributed by atoms with Gasteiger partial charge in [-0.15, -0.1) is 0 Å². The molecule has 3 N–H and O–H groups in total. The van der Waals surface area contributed by atoms with E-state index in [1.165, 1.54) is 6.07 Å². The third-order valence-electron chi connectivity index (χ3n) is 3.55. The molecular weight excluding hydrogens is 259 g/mol. The summed E-state index contributed by atoms with van der Waals surface area (Å²) in [7, 11) is 0. The molecule has 1 saturated carbocycles. The Hall–Kier alpha value is -1.62. The SMILES string of the molecule is C[C@@H](N)c1ccc(OCC(=O)NC2CCCC2)cc1F. The normalized spacial score (nSPS) is 16.9. The van der Waals surface area contributed by atoms with Gasteiger partial charge in [-0.3, -0.25) is 4.79 Å². The second-order valence-corrected chi connectivity index (χ2v) is 5.31. The van der Waals surface area contributed by atoms with Gasteiger partial charge in [-0.2, -0.15) is 0 Å². The molecule has 0 unspecified atom stereocenters. The quantitative estimate of drug-likeness (QED) is 0.869. The van der Waals surface area contributed by atoms with Crippen molar-refractivity contribution in [3.05, 3.63) is 29.6 Å². The van der Waals surface area contributed by atoms with Crippen molar-refractivity contribution in [3.63, 3.8) is 0 Å². The highest BCUT2D eigenvalue weighted by atomic mass is 19.1. The molecule has 20 heavy (non-hydrogen) atoms. The Morgan fingerprint density at radius 1 is 1.50 bits per heavy atom. The van der Waals surface area contributed by atoms with Crippen LogP contribution in [0, 0.1) is 5.82 Å². The van der Waals surface area contributed by atoms with Crippen LogP contribution in [0.4, 0.5) is 4.39 Å². The first-order valence-corrected chi connectivity index (χ1v) is 7.03. The zero-order valence-electron chi connectivity index (χ0n) is 11.7. The van der Waals surface area contributed by atoms with Crippen LogP contribution in [0.5, 0.6) is 5.75 Å². The number of halogens is 1. The molecule has 1 aliphatic rings. The van der Waals surface area contributed by atoms with E-state index in [1.807, 2.05) is 0 Å². The number of hydrogen-bond acceptors (Lipinski definition) is 3. The van der Waals surface area contributed by atoms with Gasteiger partial charge in [0.1, 0.15) is 11.6 Å². The fraction of sp³-hybridized carbons (Fsp3) is 0.533. The van der Waals surface area contributed by atoms with Crippen LogP contribution in [0.1, 0.15) is 44.2 Å². The molecular formula is C15H21FN2O2.